The minimum atomic E-state index is -0.923. The summed E-state index contributed by atoms with van der Waals surface area (Å²) in [5.74, 6) is -0.806. The van der Waals surface area contributed by atoms with Crippen molar-refractivity contribution in [2.24, 2.45) is 0 Å². The summed E-state index contributed by atoms with van der Waals surface area (Å²) in [4.78, 5) is 11.6. The highest BCUT2D eigenvalue weighted by Crippen LogP contribution is 2.25. The second kappa shape index (κ2) is 7.07. The SMILES string of the molecule is CCCNC(C)(CC(C)n1nc(C)c(CC)c1C)C(=O)O. The topological polar surface area (TPSA) is 67.2 Å². The fourth-order valence-electron chi connectivity index (χ4n) is 2.95. The maximum absolute atomic E-state index is 11.6. The number of carbonyl (C=O) groups is 1. The molecule has 1 heterocycles. The standard InChI is InChI=1S/C16H29N3O2/c1-7-9-17-16(6,15(20)21)10-11(3)19-13(5)14(8-2)12(4)18-19/h11,17H,7-10H2,1-6H3,(H,20,21). The zero-order chi connectivity index (χ0) is 16.2. The molecule has 2 atom stereocenters. The van der Waals surface area contributed by atoms with E-state index in [1.165, 1.54) is 5.56 Å². The number of carboxylic acids is 1. The molecule has 120 valence electrons. The molecule has 0 saturated heterocycles. The van der Waals surface area contributed by atoms with Gasteiger partial charge in [-0.1, -0.05) is 13.8 Å². The Hall–Kier alpha value is -1.36. The molecule has 1 rings (SSSR count). The molecule has 1 aromatic heterocycles. The van der Waals surface area contributed by atoms with Gasteiger partial charge in [0.05, 0.1) is 11.7 Å². The Morgan fingerprint density at radius 2 is 2.05 bits per heavy atom. The number of carboxylic acid groups (broad SMARTS) is 1. The van der Waals surface area contributed by atoms with Gasteiger partial charge < -0.3 is 10.4 Å². The molecule has 5 heteroatoms. The van der Waals surface area contributed by atoms with Crippen LogP contribution in [0.4, 0.5) is 0 Å². The molecule has 2 N–H and O–H groups in total. The van der Waals surface area contributed by atoms with Crippen LogP contribution >= 0.6 is 0 Å². The molecule has 0 saturated carbocycles. The second-order valence-corrected chi connectivity index (χ2v) is 6.06. The Balaban J connectivity index is 2.97. The molecule has 0 aliphatic heterocycles. The lowest BCUT2D eigenvalue weighted by Gasteiger charge is -2.29. The summed E-state index contributed by atoms with van der Waals surface area (Å²) in [6.07, 6.45) is 2.37. The molecule has 0 aromatic carbocycles. The van der Waals surface area contributed by atoms with Gasteiger partial charge in [0.25, 0.3) is 0 Å². The van der Waals surface area contributed by atoms with Gasteiger partial charge in [0.15, 0.2) is 0 Å². The van der Waals surface area contributed by atoms with Gasteiger partial charge in [-0.3, -0.25) is 9.48 Å². The van der Waals surface area contributed by atoms with Crippen molar-refractivity contribution in [3.05, 3.63) is 17.0 Å². The highest BCUT2D eigenvalue weighted by atomic mass is 16.4. The normalized spacial score (nSPS) is 15.7. The second-order valence-electron chi connectivity index (χ2n) is 6.06. The Bertz CT molecular complexity index is 496. The fourth-order valence-corrected chi connectivity index (χ4v) is 2.95. The van der Waals surface area contributed by atoms with Crippen molar-refractivity contribution in [2.75, 3.05) is 6.54 Å². The largest absolute Gasteiger partial charge is 0.480 e. The highest BCUT2D eigenvalue weighted by molar-refractivity contribution is 5.78. The highest BCUT2D eigenvalue weighted by Gasteiger charge is 2.35. The summed E-state index contributed by atoms with van der Waals surface area (Å²) in [5, 5.41) is 17.3. The molecule has 0 radical (unpaired) electrons. The van der Waals surface area contributed by atoms with Gasteiger partial charge in [0.2, 0.25) is 0 Å². The van der Waals surface area contributed by atoms with Crippen molar-refractivity contribution in [3.63, 3.8) is 0 Å². The zero-order valence-electron chi connectivity index (χ0n) is 14.2. The van der Waals surface area contributed by atoms with Crippen LogP contribution in [0.3, 0.4) is 0 Å². The third-order valence-electron chi connectivity index (χ3n) is 4.19. The molecule has 0 aliphatic carbocycles. The van der Waals surface area contributed by atoms with Gasteiger partial charge in [0.1, 0.15) is 5.54 Å². The molecule has 0 amide bonds. The van der Waals surface area contributed by atoms with Crippen LogP contribution in [0.25, 0.3) is 0 Å². The van der Waals surface area contributed by atoms with E-state index in [1.54, 1.807) is 6.92 Å². The van der Waals surface area contributed by atoms with E-state index in [2.05, 4.69) is 24.3 Å². The third kappa shape index (κ3) is 3.84. The lowest BCUT2D eigenvalue weighted by atomic mass is 9.93. The number of nitrogens with zero attached hydrogens (tertiary/aromatic N) is 2. The Labute approximate surface area is 127 Å². The molecule has 0 bridgehead atoms. The number of nitrogens with one attached hydrogen (secondary N) is 1. The quantitative estimate of drug-likeness (QED) is 0.774. The van der Waals surface area contributed by atoms with Gasteiger partial charge in [-0.25, -0.2) is 0 Å². The Kier molecular flexibility index (Phi) is 5.96. The molecular formula is C16H29N3O2. The van der Waals surface area contributed by atoms with Crippen LogP contribution in [-0.2, 0) is 11.2 Å². The van der Waals surface area contributed by atoms with Gasteiger partial charge in [0, 0.05) is 5.69 Å². The molecule has 21 heavy (non-hydrogen) atoms. The fraction of sp³-hybridized carbons (Fsp3) is 0.750. The molecule has 5 nitrogen and oxygen atoms in total. The van der Waals surface area contributed by atoms with Crippen LogP contribution in [0.2, 0.25) is 0 Å². The van der Waals surface area contributed by atoms with E-state index in [0.717, 1.165) is 24.2 Å². The van der Waals surface area contributed by atoms with E-state index in [4.69, 9.17) is 0 Å². The van der Waals surface area contributed by atoms with Crippen molar-refractivity contribution in [3.8, 4) is 0 Å². The maximum atomic E-state index is 11.6. The average molecular weight is 295 g/mol. The number of rotatable bonds is 8. The van der Waals surface area contributed by atoms with Gasteiger partial charge in [-0.05, 0) is 59.1 Å². The van der Waals surface area contributed by atoms with Crippen molar-refractivity contribution in [1.82, 2.24) is 15.1 Å². The lowest BCUT2D eigenvalue weighted by Crippen LogP contribution is -2.51. The van der Waals surface area contributed by atoms with Crippen molar-refractivity contribution in [1.29, 1.82) is 0 Å². The minimum absolute atomic E-state index is 0.0365. The van der Waals surface area contributed by atoms with E-state index < -0.39 is 11.5 Å². The average Bonchev–Trinajstić information content (AvgIpc) is 2.71. The van der Waals surface area contributed by atoms with Crippen molar-refractivity contribution >= 4 is 5.97 Å². The van der Waals surface area contributed by atoms with Gasteiger partial charge in [-0.2, -0.15) is 5.10 Å². The predicted molar refractivity (Wildman–Crippen MR) is 84.7 cm³/mol. The monoisotopic (exact) mass is 295 g/mol. The molecule has 2 unspecified atom stereocenters. The molecule has 1 aromatic rings. The Morgan fingerprint density at radius 3 is 2.48 bits per heavy atom. The van der Waals surface area contributed by atoms with Crippen LogP contribution < -0.4 is 5.32 Å². The first-order chi connectivity index (χ1) is 9.76. The first-order valence-corrected chi connectivity index (χ1v) is 7.79. The van der Waals surface area contributed by atoms with E-state index in [1.807, 2.05) is 25.5 Å². The third-order valence-corrected chi connectivity index (χ3v) is 4.19. The molecule has 0 aliphatic rings. The number of aryl methyl sites for hydroxylation is 1. The number of aromatic nitrogens is 2. The van der Waals surface area contributed by atoms with Crippen LogP contribution in [0.5, 0.6) is 0 Å². The summed E-state index contributed by atoms with van der Waals surface area (Å²) in [5.41, 5.74) is 2.53. The smallest absolute Gasteiger partial charge is 0.323 e. The summed E-state index contributed by atoms with van der Waals surface area (Å²) in [6.45, 7) is 12.7. The van der Waals surface area contributed by atoms with Gasteiger partial charge in [-0.15, -0.1) is 0 Å². The molecular weight excluding hydrogens is 266 g/mol. The predicted octanol–water partition coefficient (Wildman–Crippen LogP) is 2.86. The minimum Gasteiger partial charge on any atom is -0.480 e. The summed E-state index contributed by atoms with van der Waals surface area (Å²) < 4.78 is 1.98. The first-order valence-electron chi connectivity index (χ1n) is 7.79. The zero-order valence-corrected chi connectivity index (χ0v) is 14.2. The Morgan fingerprint density at radius 1 is 1.43 bits per heavy atom. The maximum Gasteiger partial charge on any atom is 0.323 e. The van der Waals surface area contributed by atoms with Crippen molar-refractivity contribution < 1.29 is 9.90 Å². The number of aliphatic carboxylic acids is 1. The summed E-state index contributed by atoms with van der Waals surface area (Å²) in [6, 6.07) is 0.0365. The number of hydrogen-bond donors (Lipinski definition) is 2. The summed E-state index contributed by atoms with van der Waals surface area (Å²) >= 11 is 0. The van der Waals surface area contributed by atoms with E-state index in [9.17, 15) is 9.90 Å². The van der Waals surface area contributed by atoms with Crippen LogP contribution in [0.1, 0.15) is 63.5 Å². The van der Waals surface area contributed by atoms with Crippen LogP contribution in [0.15, 0.2) is 0 Å². The van der Waals surface area contributed by atoms with E-state index >= 15 is 0 Å². The molecule has 0 spiro atoms. The first kappa shape index (κ1) is 17.7. The van der Waals surface area contributed by atoms with Crippen LogP contribution in [-0.4, -0.2) is 32.9 Å². The van der Waals surface area contributed by atoms with E-state index in [0.29, 0.717) is 13.0 Å². The lowest BCUT2D eigenvalue weighted by molar-refractivity contribution is -0.144. The molecule has 0 fully saturated rings. The van der Waals surface area contributed by atoms with E-state index in [-0.39, 0.29) is 6.04 Å². The number of hydrogen-bond acceptors (Lipinski definition) is 3. The van der Waals surface area contributed by atoms with Gasteiger partial charge >= 0.3 is 5.97 Å². The summed E-state index contributed by atoms with van der Waals surface area (Å²) in [7, 11) is 0. The van der Waals surface area contributed by atoms with Crippen LogP contribution in [0, 0.1) is 13.8 Å². The van der Waals surface area contributed by atoms with Crippen molar-refractivity contribution in [2.45, 2.75) is 72.4 Å².